The Morgan fingerprint density at radius 3 is 2.35 bits per heavy atom. The number of hydrogen-bond donors (Lipinski definition) is 1. The Balaban J connectivity index is 2.63. The molecular weight excluding hydrogens is 253 g/mol. The zero-order chi connectivity index (χ0) is 14.9. The second kappa shape index (κ2) is 5.57. The largest absolute Gasteiger partial charge is 0.369 e. The highest BCUT2D eigenvalue weighted by molar-refractivity contribution is 5.70. The molecule has 0 spiro atoms. The van der Waals surface area contributed by atoms with Crippen LogP contribution in [0.4, 0.5) is 10.2 Å². The molecule has 1 N–H and O–H groups in total. The van der Waals surface area contributed by atoms with Crippen LogP contribution in [0.5, 0.6) is 0 Å². The predicted octanol–water partition coefficient (Wildman–Crippen LogP) is 3.95. The van der Waals surface area contributed by atoms with Gasteiger partial charge in [-0.3, -0.25) is 0 Å². The van der Waals surface area contributed by atoms with Gasteiger partial charge in [0.15, 0.2) is 5.82 Å². The predicted molar refractivity (Wildman–Crippen MR) is 80.5 cm³/mol. The van der Waals surface area contributed by atoms with Crippen molar-refractivity contribution in [1.29, 1.82) is 0 Å². The van der Waals surface area contributed by atoms with Crippen molar-refractivity contribution in [1.82, 2.24) is 10.2 Å². The maximum Gasteiger partial charge on any atom is 0.151 e. The van der Waals surface area contributed by atoms with Gasteiger partial charge in [0.25, 0.3) is 0 Å². The van der Waals surface area contributed by atoms with Gasteiger partial charge in [0.1, 0.15) is 5.82 Å². The highest BCUT2D eigenvalue weighted by atomic mass is 19.1. The van der Waals surface area contributed by atoms with Crippen LogP contribution in [0.15, 0.2) is 12.1 Å². The van der Waals surface area contributed by atoms with Crippen molar-refractivity contribution in [3.05, 3.63) is 40.2 Å². The lowest BCUT2D eigenvalue weighted by atomic mass is 9.97. The lowest BCUT2D eigenvalue weighted by Gasteiger charge is -2.14. The minimum Gasteiger partial charge on any atom is -0.369 e. The standard InChI is InChI=1S/C16H20FN3/c1-6-18-16-12(5)11(4)15(19-20-16)14-10(3)7-9(2)8-13(14)17/h7-8H,6H2,1-5H3,(H,18,20). The summed E-state index contributed by atoms with van der Waals surface area (Å²) in [6, 6.07) is 3.50. The Morgan fingerprint density at radius 1 is 1.05 bits per heavy atom. The summed E-state index contributed by atoms with van der Waals surface area (Å²) >= 11 is 0. The zero-order valence-electron chi connectivity index (χ0n) is 12.6. The molecule has 0 aliphatic carbocycles. The van der Waals surface area contributed by atoms with Crippen molar-refractivity contribution >= 4 is 5.82 Å². The van der Waals surface area contributed by atoms with E-state index in [4.69, 9.17) is 0 Å². The Kier molecular flexibility index (Phi) is 4.02. The fourth-order valence-electron chi connectivity index (χ4n) is 2.39. The molecule has 0 atom stereocenters. The summed E-state index contributed by atoms with van der Waals surface area (Å²) in [6.45, 7) is 10.5. The molecule has 20 heavy (non-hydrogen) atoms. The van der Waals surface area contributed by atoms with Crippen LogP contribution in [0.2, 0.25) is 0 Å². The van der Waals surface area contributed by atoms with E-state index in [9.17, 15) is 4.39 Å². The van der Waals surface area contributed by atoms with Gasteiger partial charge in [-0.25, -0.2) is 4.39 Å². The number of aryl methyl sites for hydroxylation is 2. The highest BCUT2D eigenvalue weighted by Gasteiger charge is 2.16. The van der Waals surface area contributed by atoms with Crippen molar-refractivity contribution in [2.45, 2.75) is 34.6 Å². The highest BCUT2D eigenvalue weighted by Crippen LogP contribution is 2.31. The molecule has 3 nitrogen and oxygen atoms in total. The van der Waals surface area contributed by atoms with Crippen molar-refractivity contribution in [2.24, 2.45) is 0 Å². The average Bonchev–Trinajstić information content (AvgIpc) is 2.36. The summed E-state index contributed by atoms with van der Waals surface area (Å²) < 4.78 is 14.3. The maximum absolute atomic E-state index is 14.3. The first-order chi connectivity index (χ1) is 9.45. The summed E-state index contributed by atoms with van der Waals surface area (Å²) in [6.07, 6.45) is 0. The van der Waals surface area contributed by atoms with Crippen molar-refractivity contribution in [3.63, 3.8) is 0 Å². The van der Waals surface area contributed by atoms with Crippen molar-refractivity contribution in [2.75, 3.05) is 11.9 Å². The first-order valence-corrected chi connectivity index (χ1v) is 6.80. The quantitative estimate of drug-likeness (QED) is 0.920. The second-order valence-electron chi connectivity index (χ2n) is 5.12. The van der Waals surface area contributed by atoms with Gasteiger partial charge in [0.05, 0.1) is 5.69 Å². The summed E-state index contributed by atoms with van der Waals surface area (Å²) in [7, 11) is 0. The molecule has 0 unspecified atom stereocenters. The number of aromatic nitrogens is 2. The van der Waals surface area contributed by atoms with Gasteiger partial charge in [0, 0.05) is 12.1 Å². The molecule has 0 saturated heterocycles. The summed E-state index contributed by atoms with van der Waals surface area (Å²) in [5.74, 6) is 0.523. The van der Waals surface area contributed by atoms with E-state index in [1.807, 2.05) is 40.7 Å². The third kappa shape index (κ3) is 2.50. The molecule has 1 aromatic heterocycles. The van der Waals surface area contributed by atoms with E-state index in [0.29, 0.717) is 11.3 Å². The lowest BCUT2D eigenvalue weighted by molar-refractivity contribution is 0.627. The van der Waals surface area contributed by atoms with Crippen molar-refractivity contribution in [3.8, 4) is 11.3 Å². The Morgan fingerprint density at radius 2 is 1.75 bits per heavy atom. The van der Waals surface area contributed by atoms with Crippen LogP contribution in [0.25, 0.3) is 11.3 Å². The maximum atomic E-state index is 14.3. The van der Waals surface area contributed by atoms with Crippen LogP contribution < -0.4 is 5.32 Å². The van der Waals surface area contributed by atoms with Crippen molar-refractivity contribution < 1.29 is 4.39 Å². The molecule has 0 aliphatic heterocycles. The molecule has 106 valence electrons. The van der Waals surface area contributed by atoms with Gasteiger partial charge in [-0.15, -0.1) is 10.2 Å². The number of anilines is 1. The molecule has 1 aromatic carbocycles. The van der Waals surface area contributed by atoms with Crippen LogP contribution in [-0.2, 0) is 0 Å². The molecule has 0 bridgehead atoms. The van der Waals surface area contributed by atoms with Gasteiger partial charge < -0.3 is 5.32 Å². The molecule has 1 heterocycles. The third-order valence-corrected chi connectivity index (χ3v) is 3.54. The van der Waals surface area contributed by atoms with Gasteiger partial charge in [-0.05, 0) is 62.9 Å². The van der Waals surface area contributed by atoms with Gasteiger partial charge in [0.2, 0.25) is 0 Å². The number of rotatable bonds is 3. The molecule has 0 amide bonds. The summed E-state index contributed by atoms with van der Waals surface area (Å²) in [5.41, 5.74) is 4.94. The van der Waals surface area contributed by atoms with Gasteiger partial charge in [-0.1, -0.05) is 6.07 Å². The van der Waals surface area contributed by atoms with E-state index >= 15 is 0 Å². The van der Waals surface area contributed by atoms with Crippen LogP contribution in [0.3, 0.4) is 0 Å². The second-order valence-corrected chi connectivity index (χ2v) is 5.12. The van der Waals surface area contributed by atoms with Crippen LogP contribution in [0, 0.1) is 33.5 Å². The molecule has 0 radical (unpaired) electrons. The molecule has 2 aromatic rings. The normalized spacial score (nSPS) is 10.7. The minimum atomic E-state index is -0.240. The van der Waals surface area contributed by atoms with Crippen LogP contribution in [-0.4, -0.2) is 16.7 Å². The van der Waals surface area contributed by atoms with Crippen LogP contribution in [0.1, 0.15) is 29.2 Å². The SMILES string of the molecule is CCNc1nnc(-c2c(C)cc(C)cc2F)c(C)c1C. The molecule has 2 rings (SSSR count). The Hall–Kier alpha value is -1.97. The summed E-state index contributed by atoms with van der Waals surface area (Å²) in [4.78, 5) is 0. The first kappa shape index (κ1) is 14.4. The van der Waals surface area contributed by atoms with E-state index in [1.54, 1.807) is 0 Å². The fraction of sp³-hybridized carbons (Fsp3) is 0.375. The number of nitrogens with zero attached hydrogens (tertiary/aromatic N) is 2. The van der Waals surface area contributed by atoms with Crippen LogP contribution >= 0.6 is 0 Å². The van der Waals surface area contributed by atoms with E-state index in [0.717, 1.165) is 34.6 Å². The fourth-order valence-corrected chi connectivity index (χ4v) is 2.39. The monoisotopic (exact) mass is 273 g/mol. The van der Waals surface area contributed by atoms with Gasteiger partial charge in [-0.2, -0.15) is 0 Å². The third-order valence-electron chi connectivity index (χ3n) is 3.54. The van der Waals surface area contributed by atoms with Gasteiger partial charge >= 0.3 is 0 Å². The van der Waals surface area contributed by atoms with E-state index in [2.05, 4.69) is 15.5 Å². The average molecular weight is 273 g/mol. The van der Waals surface area contributed by atoms with E-state index < -0.39 is 0 Å². The van der Waals surface area contributed by atoms with E-state index in [-0.39, 0.29) is 5.82 Å². The number of nitrogens with one attached hydrogen (secondary N) is 1. The zero-order valence-corrected chi connectivity index (χ0v) is 12.6. The topological polar surface area (TPSA) is 37.8 Å². The molecule has 0 fully saturated rings. The van der Waals surface area contributed by atoms with E-state index in [1.165, 1.54) is 6.07 Å². The molecule has 4 heteroatoms. The minimum absolute atomic E-state index is 0.240. The smallest absolute Gasteiger partial charge is 0.151 e. The molecular formula is C16H20FN3. The lowest BCUT2D eigenvalue weighted by Crippen LogP contribution is -2.07. The summed E-state index contributed by atoms with van der Waals surface area (Å²) in [5, 5.41) is 11.6. The Bertz CT molecular complexity index is 627. The number of hydrogen-bond acceptors (Lipinski definition) is 3. The number of benzene rings is 1. The molecule has 0 saturated carbocycles. The Labute approximate surface area is 119 Å². The first-order valence-electron chi connectivity index (χ1n) is 6.80. The number of halogens is 1. The molecule has 0 aliphatic rings.